The lowest BCUT2D eigenvalue weighted by molar-refractivity contribution is -0.120. The second kappa shape index (κ2) is 10.4. The van der Waals surface area contributed by atoms with E-state index in [0.29, 0.717) is 17.7 Å². The first-order valence-corrected chi connectivity index (χ1v) is 11.4. The van der Waals surface area contributed by atoms with Crippen molar-refractivity contribution in [1.82, 2.24) is 9.88 Å². The van der Waals surface area contributed by atoms with Crippen LogP contribution in [0.1, 0.15) is 35.7 Å². The van der Waals surface area contributed by atoms with Crippen LogP contribution in [0.2, 0.25) is 0 Å². The Labute approximate surface area is 209 Å². The van der Waals surface area contributed by atoms with Gasteiger partial charge in [0, 0.05) is 18.9 Å². The summed E-state index contributed by atoms with van der Waals surface area (Å²) in [6, 6.07) is 11.7. The summed E-state index contributed by atoms with van der Waals surface area (Å²) in [4.78, 5) is 12.8. The van der Waals surface area contributed by atoms with Crippen LogP contribution in [0.3, 0.4) is 0 Å². The molecule has 1 heterocycles. The van der Waals surface area contributed by atoms with Gasteiger partial charge in [-0.05, 0) is 82.8 Å². The van der Waals surface area contributed by atoms with Gasteiger partial charge in [0.25, 0.3) is 0 Å². The van der Waals surface area contributed by atoms with Crippen molar-refractivity contribution in [3.8, 4) is 11.5 Å². The molecule has 1 aliphatic carbocycles. The third-order valence-electron chi connectivity index (χ3n) is 6.44. The van der Waals surface area contributed by atoms with E-state index in [1.165, 1.54) is 26.4 Å². The average Bonchev–Trinajstić information content (AvgIpc) is 3.37. The summed E-state index contributed by atoms with van der Waals surface area (Å²) >= 11 is 0. The standard InChI is InChI=1S/C27H28BFN2O5/c1-16-21(10-17-11-24(35-3)27(28(33)34)25(12-17)36-4)20-8-7-18(29)13-23(20)22(16)14-26(32)30-15-19-6-5-9-31(19)2/h5-13,33-34H,14-15H2,1-4H3,(H,30,32). The fourth-order valence-corrected chi connectivity index (χ4v) is 4.54. The number of carbonyl (C=O) groups excluding carboxylic acids is 1. The first-order chi connectivity index (χ1) is 17.2. The summed E-state index contributed by atoms with van der Waals surface area (Å²) in [5.74, 6) is -0.0216. The number of hydrogen-bond donors (Lipinski definition) is 3. The van der Waals surface area contributed by atoms with Crippen LogP contribution < -0.4 is 20.3 Å². The van der Waals surface area contributed by atoms with Crippen LogP contribution in [-0.4, -0.2) is 41.9 Å². The van der Waals surface area contributed by atoms with Crippen molar-refractivity contribution in [1.29, 1.82) is 0 Å². The highest BCUT2D eigenvalue weighted by Gasteiger charge is 2.27. The van der Waals surface area contributed by atoms with Gasteiger partial charge < -0.3 is 29.4 Å². The molecule has 0 unspecified atom stereocenters. The zero-order valence-electron chi connectivity index (χ0n) is 20.6. The molecule has 0 atom stereocenters. The number of allylic oxidation sites excluding steroid dienone is 2. The van der Waals surface area contributed by atoms with Crippen LogP contribution in [0.15, 0.2) is 54.2 Å². The second-order valence-corrected chi connectivity index (χ2v) is 8.63. The monoisotopic (exact) mass is 490 g/mol. The Morgan fingerprint density at radius 3 is 2.39 bits per heavy atom. The van der Waals surface area contributed by atoms with Gasteiger partial charge in [0.15, 0.2) is 0 Å². The van der Waals surface area contributed by atoms with E-state index in [9.17, 15) is 19.2 Å². The molecule has 0 saturated carbocycles. The quantitative estimate of drug-likeness (QED) is 0.423. The number of aryl methyl sites for hydroxylation is 1. The fraction of sp³-hybridized carbons (Fsp3) is 0.222. The molecule has 1 aliphatic rings. The van der Waals surface area contributed by atoms with E-state index < -0.39 is 7.12 Å². The third-order valence-corrected chi connectivity index (χ3v) is 6.44. The fourth-order valence-electron chi connectivity index (χ4n) is 4.54. The van der Waals surface area contributed by atoms with E-state index in [4.69, 9.17) is 9.47 Å². The van der Waals surface area contributed by atoms with E-state index in [2.05, 4.69) is 5.32 Å². The number of ether oxygens (including phenoxy) is 2. The Morgan fingerprint density at radius 2 is 1.81 bits per heavy atom. The lowest BCUT2D eigenvalue weighted by atomic mass is 9.78. The molecule has 36 heavy (non-hydrogen) atoms. The SMILES string of the molecule is COc1cc(C=C2C(C)=C(CC(=O)NCc3cccn3C)c3cc(F)ccc32)cc(OC)c1B(O)O. The summed E-state index contributed by atoms with van der Waals surface area (Å²) in [5.41, 5.74) is 5.71. The highest BCUT2D eigenvalue weighted by Crippen LogP contribution is 2.44. The number of halogens is 1. The maximum Gasteiger partial charge on any atom is 0.496 e. The van der Waals surface area contributed by atoms with Crippen LogP contribution in [-0.2, 0) is 18.4 Å². The van der Waals surface area contributed by atoms with E-state index >= 15 is 0 Å². The molecule has 3 N–H and O–H groups in total. The van der Waals surface area contributed by atoms with Gasteiger partial charge in [-0.2, -0.15) is 0 Å². The zero-order valence-corrected chi connectivity index (χ0v) is 20.6. The number of nitrogens with one attached hydrogen (secondary N) is 1. The minimum absolute atomic E-state index is 0.104. The van der Waals surface area contributed by atoms with Crippen molar-refractivity contribution in [2.24, 2.45) is 7.05 Å². The largest absolute Gasteiger partial charge is 0.497 e. The molecule has 2 aromatic carbocycles. The number of amides is 1. The van der Waals surface area contributed by atoms with E-state index in [-0.39, 0.29) is 35.1 Å². The number of carbonyl (C=O) groups is 1. The van der Waals surface area contributed by atoms with Gasteiger partial charge in [0.1, 0.15) is 17.3 Å². The number of hydrogen-bond acceptors (Lipinski definition) is 5. The molecular weight excluding hydrogens is 462 g/mol. The van der Waals surface area contributed by atoms with Gasteiger partial charge in [0.05, 0.1) is 32.6 Å². The van der Waals surface area contributed by atoms with Crippen molar-refractivity contribution in [3.05, 3.63) is 82.4 Å². The predicted molar refractivity (Wildman–Crippen MR) is 138 cm³/mol. The molecule has 1 aromatic heterocycles. The summed E-state index contributed by atoms with van der Waals surface area (Å²) in [7, 11) is 3.01. The molecule has 4 rings (SSSR count). The Kier molecular flexibility index (Phi) is 7.33. The molecular formula is C27H28BFN2O5. The predicted octanol–water partition coefficient (Wildman–Crippen LogP) is 2.90. The summed E-state index contributed by atoms with van der Waals surface area (Å²) in [6.45, 7) is 2.31. The lowest BCUT2D eigenvalue weighted by Crippen LogP contribution is -2.32. The Hall–Kier alpha value is -3.82. The molecule has 0 aliphatic heterocycles. The third kappa shape index (κ3) is 4.93. The zero-order chi connectivity index (χ0) is 26.0. The highest BCUT2D eigenvalue weighted by atomic mass is 19.1. The van der Waals surface area contributed by atoms with E-state index in [1.54, 1.807) is 18.2 Å². The van der Waals surface area contributed by atoms with Crippen molar-refractivity contribution in [3.63, 3.8) is 0 Å². The first kappa shape index (κ1) is 25.3. The van der Waals surface area contributed by atoms with Gasteiger partial charge in [-0.15, -0.1) is 0 Å². The highest BCUT2D eigenvalue weighted by molar-refractivity contribution is 6.61. The molecule has 7 nitrogen and oxygen atoms in total. The van der Waals surface area contributed by atoms with E-state index in [1.807, 2.05) is 42.9 Å². The first-order valence-electron chi connectivity index (χ1n) is 11.4. The van der Waals surface area contributed by atoms with Gasteiger partial charge in [-0.25, -0.2) is 4.39 Å². The van der Waals surface area contributed by atoms with Crippen molar-refractivity contribution in [2.45, 2.75) is 19.9 Å². The average molecular weight is 490 g/mol. The van der Waals surface area contributed by atoms with Crippen LogP contribution >= 0.6 is 0 Å². The Bertz CT molecular complexity index is 1350. The molecule has 1 amide bonds. The number of nitrogens with zero attached hydrogens (tertiary/aromatic N) is 1. The number of benzene rings is 2. The summed E-state index contributed by atoms with van der Waals surface area (Å²) in [6.07, 6.45) is 3.91. The maximum atomic E-state index is 14.2. The molecule has 9 heteroatoms. The smallest absolute Gasteiger partial charge is 0.496 e. The molecule has 0 fully saturated rings. The number of aromatic nitrogens is 1. The molecule has 3 aromatic rings. The minimum Gasteiger partial charge on any atom is -0.497 e. The topological polar surface area (TPSA) is 93.0 Å². The van der Waals surface area contributed by atoms with Crippen LogP contribution in [0.25, 0.3) is 17.2 Å². The molecule has 0 saturated heterocycles. The molecule has 0 spiro atoms. The van der Waals surface area contributed by atoms with Crippen LogP contribution in [0.5, 0.6) is 11.5 Å². The lowest BCUT2D eigenvalue weighted by Gasteiger charge is -2.14. The van der Waals surface area contributed by atoms with Crippen LogP contribution in [0, 0.1) is 5.82 Å². The van der Waals surface area contributed by atoms with Gasteiger partial charge in [0.2, 0.25) is 5.91 Å². The molecule has 0 bridgehead atoms. The van der Waals surface area contributed by atoms with Gasteiger partial charge >= 0.3 is 7.12 Å². The van der Waals surface area contributed by atoms with Crippen molar-refractivity contribution < 1.29 is 28.7 Å². The Balaban J connectivity index is 1.71. The second-order valence-electron chi connectivity index (χ2n) is 8.63. The van der Waals surface area contributed by atoms with Gasteiger partial charge in [-0.3, -0.25) is 4.79 Å². The molecule has 0 radical (unpaired) electrons. The normalized spacial score (nSPS) is 13.7. The van der Waals surface area contributed by atoms with Crippen molar-refractivity contribution in [2.75, 3.05) is 14.2 Å². The number of rotatable bonds is 8. The van der Waals surface area contributed by atoms with Crippen molar-refractivity contribution >= 4 is 35.7 Å². The van der Waals surface area contributed by atoms with Gasteiger partial charge in [-0.1, -0.05) is 6.07 Å². The maximum absolute atomic E-state index is 14.2. The van der Waals surface area contributed by atoms with E-state index in [0.717, 1.165) is 28.0 Å². The molecule has 186 valence electrons. The Morgan fingerprint density at radius 1 is 1.11 bits per heavy atom. The minimum atomic E-state index is -1.77. The number of fused-ring (bicyclic) bond motifs is 1. The van der Waals surface area contributed by atoms with Crippen LogP contribution in [0.4, 0.5) is 4.39 Å². The summed E-state index contributed by atoms with van der Waals surface area (Å²) < 4.78 is 26.9. The number of methoxy groups -OCH3 is 2. The summed E-state index contributed by atoms with van der Waals surface area (Å²) in [5, 5.41) is 22.5.